The molecule has 1 fully saturated rings. The predicted molar refractivity (Wildman–Crippen MR) is 110 cm³/mol. The van der Waals surface area contributed by atoms with Gasteiger partial charge in [0, 0.05) is 30.4 Å². The number of H-pyrrole nitrogens is 1. The molecule has 9 nitrogen and oxygen atoms in total. The zero-order valence-electron chi connectivity index (χ0n) is 15.8. The zero-order valence-corrected chi connectivity index (χ0v) is 18.2. The summed E-state index contributed by atoms with van der Waals surface area (Å²) in [4.78, 5) is 16.5. The SMILES string of the molecule is COc1ccc(Cl)cc1S(=O)(=O)N1CCC[C@H](C(=O)NCCSc2ncn[nH]2)C1. The summed E-state index contributed by atoms with van der Waals surface area (Å²) in [6.45, 7) is 0.928. The molecule has 1 aromatic carbocycles. The van der Waals surface area contributed by atoms with E-state index in [4.69, 9.17) is 16.3 Å². The third kappa shape index (κ3) is 5.41. The maximum atomic E-state index is 13.1. The van der Waals surface area contributed by atoms with Gasteiger partial charge >= 0.3 is 0 Å². The molecule has 1 aliphatic rings. The highest BCUT2D eigenvalue weighted by atomic mass is 35.5. The van der Waals surface area contributed by atoms with Gasteiger partial charge < -0.3 is 10.1 Å². The molecule has 29 heavy (non-hydrogen) atoms. The minimum Gasteiger partial charge on any atom is -0.495 e. The van der Waals surface area contributed by atoms with Crippen LogP contribution < -0.4 is 10.1 Å². The van der Waals surface area contributed by atoms with Crippen LogP contribution in [-0.4, -0.2) is 66.3 Å². The molecule has 1 atom stereocenters. The molecule has 0 unspecified atom stereocenters. The van der Waals surface area contributed by atoms with Crippen molar-refractivity contribution in [2.75, 3.05) is 32.5 Å². The van der Waals surface area contributed by atoms with Gasteiger partial charge in [-0.25, -0.2) is 13.4 Å². The summed E-state index contributed by atoms with van der Waals surface area (Å²) in [5, 5.41) is 10.4. The van der Waals surface area contributed by atoms with Gasteiger partial charge in [0.05, 0.1) is 13.0 Å². The number of amides is 1. The third-order valence-electron chi connectivity index (χ3n) is 4.53. The highest BCUT2D eigenvalue weighted by Gasteiger charge is 2.34. The lowest BCUT2D eigenvalue weighted by atomic mass is 9.99. The molecule has 1 saturated heterocycles. The van der Waals surface area contributed by atoms with E-state index in [0.29, 0.717) is 41.9 Å². The lowest BCUT2D eigenvalue weighted by Crippen LogP contribution is -2.45. The van der Waals surface area contributed by atoms with E-state index in [2.05, 4.69) is 20.5 Å². The summed E-state index contributed by atoms with van der Waals surface area (Å²) in [6, 6.07) is 4.47. The molecule has 12 heteroatoms. The normalized spacial score (nSPS) is 17.8. The second kappa shape index (κ2) is 9.79. The fourth-order valence-electron chi connectivity index (χ4n) is 3.10. The first-order valence-electron chi connectivity index (χ1n) is 9.01. The fraction of sp³-hybridized carbons (Fsp3) is 0.471. The maximum Gasteiger partial charge on any atom is 0.246 e. The number of hydrogen-bond acceptors (Lipinski definition) is 7. The Bertz CT molecular complexity index is 939. The summed E-state index contributed by atoms with van der Waals surface area (Å²) in [5.74, 6) is 0.306. The van der Waals surface area contributed by atoms with Gasteiger partial charge in [-0.05, 0) is 31.0 Å². The van der Waals surface area contributed by atoms with Crippen LogP contribution in [0.25, 0.3) is 0 Å². The van der Waals surface area contributed by atoms with Crippen LogP contribution in [0.1, 0.15) is 12.8 Å². The second-order valence-electron chi connectivity index (χ2n) is 6.43. The van der Waals surface area contributed by atoms with Gasteiger partial charge in [-0.2, -0.15) is 9.40 Å². The van der Waals surface area contributed by atoms with Gasteiger partial charge in [0.15, 0.2) is 5.16 Å². The van der Waals surface area contributed by atoms with E-state index in [9.17, 15) is 13.2 Å². The van der Waals surface area contributed by atoms with Crippen molar-refractivity contribution in [3.05, 3.63) is 29.5 Å². The van der Waals surface area contributed by atoms with Gasteiger partial charge in [0.2, 0.25) is 15.9 Å². The molecular formula is C17H22ClN5O4S2. The Labute approximate surface area is 178 Å². The lowest BCUT2D eigenvalue weighted by molar-refractivity contribution is -0.125. The maximum absolute atomic E-state index is 13.1. The van der Waals surface area contributed by atoms with Gasteiger partial charge in [-0.1, -0.05) is 23.4 Å². The first-order chi connectivity index (χ1) is 13.9. The Hall–Kier alpha value is -1.82. The number of piperidine rings is 1. The van der Waals surface area contributed by atoms with Crippen LogP contribution >= 0.6 is 23.4 Å². The standard InChI is InChI=1S/C17H22ClN5O4S2/c1-27-14-5-4-13(18)9-15(14)29(25,26)23-7-2-3-12(10-23)16(24)19-6-8-28-17-20-11-21-22-17/h4-5,9,11-12H,2-3,6-8,10H2,1H3,(H,19,24)(H,20,21,22)/t12-/m0/s1. The van der Waals surface area contributed by atoms with Crippen LogP contribution in [0.3, 0.4) is 0 Å². The molecule has 1 amide bonds. The van der Waals surface area contributed by atoms with Crippen molar-refractivity contribution < 1.29 is 17.9 Å². The number of carbonyl (C=O) groups is 1. The number of halogens is 1. The molecule has 0 spiro atoms. The molecule has 2 N–H and O–H groups in total. The van der Waals surface area contributed by atoms with Crippen LogP contribution in [-0.2, 0) is 14.8 Å². The van der Waals surface area contributed by atoms with Gasteiger partial charge in [-0.15, -0.1) is 0 Å². The van der Waals surface area contributed by atoms with Gasteiger partial charge in [0.25, 0.3) is 0 Å². The van der Waals surface area contributed by atoms with E-state index >= 15 is 0 Å². The van der Waals surface area contributed by atoms with E-state index in [1.807, 2.05) is 0 Å². The van der Waals surface area contributed by atoms with Crippen LogP contribution in [0, 0.1) is 5.92 Å². The summed E-state index contributed by atoms with van der Waals surface area (Å²) < 4.78 is 32.8. The Kier molecular flexibility index (Phi) is 7.38. The van der Waals surface area contributed by atoms with Crippen molar-refractivity contribution in [1.82, 2.24) is 24.8 Å². The smallest absolute Gasteiger partial charge is 0.246 e. The van der Waals surface area contributed by atoms with Crippen molar-refractivity contribution >= 4 is 39.3 Å². The third-order valence-corrected chi connectivity index (χ3v) is 7.53. The topological polar surface area (TPSA) is 117 Å². The first kappa shape index (κ1) is 21.9. The molecule has 0 aliphatic carbocycles. The number of ether oxygens (including phenoxy) is 1. The van der Waals surface area contributed by atoms with E-state index in [1.54, 1.807) is 6.07 Å². The van der Waals surface area contributed by atoms with Crippen molar-refractivity contribution in [2.45, 2.75) is 22.9 Å². The van der Waals surface area contributed by atoms with Crippen LogP contribution in [0.5, 0.6) is 5.75 Å². The van der Waals surface area contributed by atoms with E-state index in [1.165, 1.54) is 41.6 Å². The van der Waals surface area contributed by atoms with Gasteiger partial charge in [-0.3, -0.25) is 9.89 Å². The number of aromatic nitrogens is 3. The average Bonchev–Trinajstić information content (AvgIpc) is 3.24. The van der Waals surface area contributed by atoms with Gasteiger partial charge in [0.1, 0.15) is 17.0 Å². The number of rotatable bonds is 8. The summed E-state index contributed by atoms with van der Waals surface area (Å²) in [6.07, 6.45) is 2.67. The molecule has 3 rings (SSSR count). The largest absolute Gasteiger partial charge is 0.495 e. The van der Waals surface area contributed by atoms with Crippen molar-refractivity contribution in [2.24, 2.45) is 5.92 Å². The number of sulfonamides is 1. The number of aromatic amines is 1. The summed E-state index contributed by atoms with van der Waals surface area (Å²) in [5.41, 5.74) is 0. The number of nitrogens with one attached hydrogen (secondary N) is 2. The Balaban J connectivity index is 1.60. The molecule has 0 saturated carbocycles. The van der Waals surface area contributed by atoms with Crippen LogP contribution in [0.15, 0.2) is 34.6 Å². The van der Waals surface area contributed by atoms with Crippen molar-refractivity contribution in [1.29, 1.82) is 0 Å². The van der Waals surface area contributed by atoms with Crippen LogP contribution in [0.2, 0.25) is 5.02 Å². The highest BCUT2D eigenvalue weighted by molar-refractivity contribution is 7.99. The second-order valence-corrected chi connectivity index (χ2v) is 9.85. The zero-order chi connectivity index (χ0) is 20.9. The average molecular weight is 460 g/mol. The van der Waals surface area contributed by atoms with Crippen molar-refractivity contribution in [3.8, 4) is 5.75 Å². The van der Waals surface area contributed by atoms with Crippen molar-refractivity contribution in [3.63, 3.8) is 0 Å². The van der Waals surface area contributed by atoms with Crippen LogP contribution in [0.4, 0.5) is 0 Å². The number of hydrogen-bond donors (Lipinski definition) is 2. The Morgan fingerprint density at radius 2 is 2.31 bits per heavy atom. The quantitative estimate of drug-likeness (QED) is 0.456. The van der Waals surface area contributed by atoms with E-state index in [-0.39, 0.29) is 23.1 Å². The number of methoxy groups -OCH3 is 1. The summed E-state index contributed by atoms with van der Waals surface area (Å²) >= 11 is 7.44. The molecular weight excluding hydrogens is 438 g/mol. The number of thioether (sulfide) groups is 1. The molecule has 0 radical (unpaired) electrons. The predicted octanol–water partition coefficient (Wildman–Crippen LogP) is 1.78. The van der Waals surface area contributed by atoms with E-state index < -0.39 is 15.9 Å². The minimum atomic E-state index is -3.83. The minimum absolute atomic E-state index is 0.0111. The molecule has 2 aromatic rings. The number of nitrogens with zero attached hydrogens (tertiary/aromatic N) is 3. The molecule has 1 aromatic heterocycles. The molecule has 1 aliphatic heterocycles. The Morgan fingerprint density at radius 3 is 3.03 bits per heavy atom. The molecule has 2 heterocycles. The van der Waals surface area contributed by atoms with E-state index in [0.717, 1.165) is 0 Å². The fourth-order valence-corrected chi connectivity index (χ4v) is 5.67. The lowest BCUT2D eigenvalue weighted by Gasteiger charge is -2.31. The number of carbonyl (C=O) groups excluding carboxylic acids is 1. The summed E-state index contributed by atoms with van der Waals surface area (Å²) in [7, 11) is -2.42. The highest BCUT2D eigenvalue weighted by Crippen LogP contribution is 2.31. The molecule has 0 bridgehead atoms. The number of benzene rings is 1. The monoisotopic (exact) mass is 459 g/mol. The Morgan fingerprint density at radius 1 is 1.48 bits per heavy atom. The molecule has 158 valence electrons. The first-order valence-corrected chi connectivity index (χ1v) is 11.8.